The molecule has 0 unspecified atom stereocenters. The van der Waals surface area contributed by atoms with Crippen molar-refractivity contribution in [1.82, 2.24) is 0 Å². The van der Waals surface area contributed by atoms with E-state index in [1.165, 1.54) is 7.11 Å². The lowest BCUT2D eigenvalue weighted by Gasteiger charge is -2.12. The molecule has 16 heavy (non-hydrogen) atoms. The van der Waals surface area contributed by atoms with E-state index in [4.69, 9.17) is 5.73 Å². The van der Waals surface area contributed by atoms with Crippen LogP contribution in [0.2, 0.25) is 0 Å². The molecular weight excluding hydrogens is 202 g/mol. The van der Waals surface area contributed by atoms with Gasteiger partial charge in [0.25, 0.3) is 0 Å². The Kier molecular flexibility index (Phi) is 2.88. The fourth-order valence-electron chi connectivity index (χ4n) is 1.78. The number of ether oxygens (including phenoxy) is 1. The van der Waals surface area contributed by atoms with Crippen molar-refractivity contribution in [3.63, 3.8) is 0 Å². The molecule has 0 bridgehead atoms. The van der Waals surface area contributed by atoms with Gasteiger partial charge in [-0.3, -0.25) is 4.79 Å². The molecule has 0 amide bonds. The molecule has 0 aliphatic carbocycles. The van der Waals surface area contributed by atoms with Gasteiger partial charge in [0, 0.05) is 0 Å². The molecule has 0 aromatic heterocycles. The first-order valence-electron chi connectivity index (χ1n) is 5.05. The Morgan fingerprint density at radius 3 is 2.62 bits per heavy atom. The van der Waals surface area contributed by atoms with Crippen LogP contribution in [-0.4, -0.2) is 13.1 Å². The Hall–Kier alpha value is -1.87. The number of methoxy groups -OCH3 is 1. The molecule has 2 N–H and O–H groups in total. The van der Waals surface area contributed by atoms with Gasteiger partial charge in [0.1, 0.15) is 6.04 Å². The molecule has 0 aliphatic heterocycles. The van der Waals surface area contributed by atoms with E-state index < -0.39 is 12.0 Å². The number of benzene rings is 2. The summed E-state index contributed by atoms with van der Waals surface area (Å²) in [6.45, 7) is 0. The molecule has 0 fully saturated rings. The first kappa shape index (κ1) is 10.6. The summed E-state index contributed by atoms with van der Waals surface area (Å²) in [6.07, 6.45) is 0. The highest BCUT2D eigenvalue weighted by Crippen LogP contribution is 2.23. The van der Waals surface area contributed by atoms with Crippen LogP contribution >= 0.6 is 0 Å². The van der Waals surface area contributed by atoms with Crippen molar-refractivity contribution in [1.29, 1.82) is 0 Å². The van der Waals surface area contributed by atoms with E-state index in [0.717, 1.165) is 16.3 Å². The minimum Gasteiger partial charge on any atom is -0.468 e. The number of nitrogens with two attached hydrogens (primary N) is 1. The van der Waals surface area contributed by atoms with Gasteiger partial charge in [0.15, 0.2) is 0 Å². The van der Waals surface area contributed by atoms with E-state index in [2.05, 4.69) is 4.74 Å². The van der Waals surface area contributed by atoms with E-state index in [1.807, 2.05) is 42.5 Å². The van der Waals surface area contributed by atoms with Crippen LogP contribution < -0.4 is 5.73 Å². The van der Waals surface area contributed by atoms with Crippen LogP contribution in [0.4, 0.5) is 0 Å². The lowest BCUT2D eigenvalue weighted by atomic mass is 9.99. The van der Waals surface area contributed by atoms with Crippen LogP contribution in [0.25, 0.3) is 10.8 Å². The summed E-state index contributed by atoms with van der Waals surface area (Å²) < 4.78 is 4.65. The molecule has 82 valence electrons. The van der Waals surface area contributed by atoms with Gasteiger partial charge in [-0.15, -0.1) is 0 Å². The van der Waals surface area contributed by atoms with Gasteiger partial charge in [-0.1, -0.05) is 42.5 Å². The number of rotatable bonds is 2. The topological polar surface area (TPSA) is 52.3 Å². The lowest BCUT2D eigenvalue weighted by Crippen LogP contribution is -2.22. The molecular formula is C13H13NO2. The molecule has 2 aromatic carbocycles. The normalized spacial score (nSPS) is 12.4. The molecule has 0 spiro atoms. The smallest absolute Gasteiger partial charge is 0.327 e. The van der Waals surface area contributed by atoms with E-state index in [9.17, 15) is 4.79 Å². The maximum atomic E-state index is 11.4. The standard InChI is InChI=1S/C13H13NO2/c1-16-13(15)12(14)11-8-4-6-9-5-2-3-7-10(9)11/h2-8,12H,14H2,1H3/t12-/m1/s1. The molecule has 0 saturated carbocycles. The zero-order valence-electron chi connectivity index (χ0n) is 9.01. The van der Waals surface area contributed by atoms with Crippen molar-refractivity contribution in [3.8, 4) is 0 Å². The molecule has 3 nitrogen and oxygen atoms in total. The minimum absolute atomic E-state index is 0.420. The summed E-state index contributed by atoms with van der Waals surface area (Å²) in [5, 5.41) is 2.06. The van der Waals surface area contributed by atoms with E-state index in [1.54, 1.807) is 0 Å². The molecule has 0 saturated heterocycles. The Morgan fingerprint density at radius 1 is 1.19 bits per heavy atom. The summed E-state index contributed by atoms with van der Waals surface area (Å²) in [5.74, 6) is -0.420. The van der Waals surface area contributed by atoms with Gasteiger partial charge in [0.05, 0.1) is 7.11 Å². The van der Waals surface area contributed by atoms with E-state index >= 15 is 0 Å². The SMILES string of the molecule is COC(=O)[C@H](N)c1cccc2ccccc12. The first-order chi connectivity index (χ1) is 7.74. The average molecular weight is 215 g/mol. The molecule has 3 heteroatoms. The fourth-order valence-corrected chi connectivity index (χ4v) is 1.78. The number of carbonyl (C=O) groups is 1. The molecule has 0 radical (unpaired) electrons. The third-order valence-electron chi connectivity index (χ3n) is 2.61. The summed E-state index contributed by atoms with van der Waals surface area (Å²) >= 11 is 0. The first-order valence-corrected chi connectivity index (χ1v) is 5.05. The van der Waals surface area contributed by atoms with Crippen LogP contribution in [0.3, 0.4) is 0 Å². The van der Waals surface area contributed by atoms with Crippen LogP contribution in [0.5, 0.6) is 0 Å². The highest BCUT2D eigenvalue weighted by molar-refractivity contribution is 5.90. The van der Waals surface area contributed by atoms with Crippen LogP contribution in [0.15, 0.2) is 42.5 Å². The predicted molar refractivity (Wildman–Crippen MR) is 62.9 cm³/mol. The zero-order valence-corrected chi connectivity index (χ0v) is 9.01. The van der Waals surface area contributed by atoms with Gasteiger partial charge in [-0.05, 0) is 16.3 Å². The summed E-state index contributed by atoms with van der Waals surface area (Å²) in [6, 6.07) is 12.8. The number of hydrogen-bond donors (Lipinski definition) is 1. The van der Waals surface area contributed by atoms with Crippen molar-refractivity contribution < 1.29 is 9.53 Å². The Morgan fingerprint density at radius 2 is 1.88 bits per heavy atom. The van der Waals surface area contributed by atoms with Crippen molar-refractivity contribution in [2.45, 2.75) is 6.04 Å². The van der Waals surface area contributed by atoms with E-state index in [-0.39, 0.29) is 0 Å². The number of fused-ring (bicyclic) bond motifs is 1. The number of carbonyl (C=O) groups excluding carboxylic acids is 1. The van der Waals surface area contributed by atoms with Gasteiger partial charge >= 0.3 is 5.97 Å². The third-order valence-corrected chi connectivity index (χ3v) is 2.61. The minimum atomic E-state index is -0.726. The van der Waals surface area contributed by atoms with Gasteiger partial charge in [0.2, 0.25) is 0 Å². The monoisotopic (exact) mass is 215 g/mol. The Labute approximate surface area is 93.8 Å². The van der Waals surface area contributed by atoms with Crippen molar-refractivity contribution in [3.05, 3.63) is 48.0 Å². The molecule has 1 atom stereocenters. The highest BCUT2D eigenvalue weighted by Gasteiger charge is 2.17. The molecule has 2 rings (SSSR count). The average Bonchev–Trinajstić information content (AvgIpc) is 2.36. The Bertz CT molecular complexity index is 517. The van der Waals surface area contributed by atoms with Gasteiger partial charge in [-0.2, -0.15) is 0 Å². The van der Waals surface area contributed by atoms with Crippen LogP contribution in [0.1, 0.15) is 11.6 Å². The fraction of sp³-hybridized carbons (Fsp3) is 0.154. The maximum Gasteiger partial charge on any atom is 0.327 e. The quantitative estimate of drug-likeness (QED) is 0.780. The second-order valence-corrected chi connectivity index (χ2v) is 3.57. The second-order valence-electron chi connectivity index (χ2n) is 3.57. The summed E-state index contributed by atoms with van der Waals surface area (Å²) in [4.78, 5) is 11.4. The lowest BCUT2D eigenvalue weighted by molar-refractivity contribution is -0.142. The van der Waals surface area contributed by atoms with Crippen molar-refractivity contribution in [2.24, 2.45) is 5.73 Å². The number of esters is 1. The van der Waals surface area contributed by atoms with Crippen LogP contribution in [-0.2, 0) is 9.53 Å². The summed E-state index contributed by atoms with van der Waals surface area (Å²) in [5.41, 5.74) is 6.64. The second kappa shape index (κ2) is 4.33. The Balaban J connectivity index is 2.56. The number of hydrogen-bond acceptors (Lipinski definition) is 3. The molecule has 2 aromatic rings. The van der Waals surface area contributed by atoms with E-state index in [0.29, 0.717) is 0 Å². The molecule has 0 heterocycles. The maximum absolute atomic E-state index is 11.4. The largest absolute Gasteiger partial charge is 0.468 e. The highest BCUT2D eigenvalue weighted by atomic mass is 16.5. The van der Waals surface area contributed by atoms with Crippen LogP contribution in [0, 0.1) is 0 Å². The molecule has 0 aliphatic rings. The van der Waals surface area contributed by atoms with Crippen molar-refractivity contribution >= 4 is 16.7 Å². The van der Waals surface area contributed by atoms with Gasteiger partial charge in [-0.25, -0.2) is 0 Å². The van der Waals surface area contributed by atoms with Gasteiger partial charge < -0.3 is 10.5 Å². The third kappa shape index (κ3) is 1.77. The van der Waals surface area contributed by atoms with Crippen molar-refractivity contribution in [2.75, 3.05) is 7.11 Å². The summed E-state index contributed by atoms with van der Waals surface area (Å²) in [7, 11) is 1.34. The predicted octanol–water partition coefficient (Wildman–Crippen LogP) is 2.01. The zero-order chi connectivity index (χ0) is 11.5.